The van der Waals surface area contributed by atoms with E-state index in [9.17, 15) is 4.79 Å². The van der Waals surface area contributed by atoms with Crippen LogP contribution in [0.5, 0.6) is 0 Å². The molecule has 0 spiro atoms. The van der Waals surface area contributed by atoms with Crippen LogP contribution >= 0.6 is 0 Å². The van der Waals surface area contributed by atoms with Gasteiger partial charge in [-0.3, -0.25) is 9.48 Å². The molecule has 0 aliphatic rings. The molecule has 0 aliphatic heterocycles. The van der Waals surface area contributed by atoms with E-state index < -0.39 is 0 Å². The topological polar surface area (TPSA) is 73.8 Å². The maximum Gasteiger partial charge on any atom is 0.189 e. The molecule has 2 aromatic rings. The first kappa shape index (κ1) is 12.4. The third kappa shape index (κ3) is 3.01. The highest BCUT2D eigenvalue weighted by Gasteiger charge is 2.11. The van der Waals surface area contributed by atoms with Crippen molar-refractivity contribution in [2.24, 2.45) is 5.73 Å². The van der Waals surface area contributed by atoms with E-state index in [1.54, 1.807) is 10.9 Å². The van der Waals surface area contributed by atoms with Crippen LogP contribution in [0.2, 0.25) is 0 Å². The number of carbonyl (C=O) groups is 1. The predicted octanol–water partition coefficient (Wildman–Crippen LogP) is 0.971. The number of nitrogens with zero attached hydrogens (tertiary/aromatic N) is 3. The predicted molar refractivity (Wildman–Crippen MR) is 68.3 cm³/mol. The lowest BCUT2D eigenvalue weighted by Crippen LogP contribution is -2.10. The van der Waals surface area contributed by atoms with Gasteiger partial charge in [-0.2, -0.15) is 0 Å². The largest absolute Gasteiger partial charge is 0.329 e. The fourth-order valence-corrected chi connectivity index (χ4v) is 1.77. The highest BCUT2D eigenvalue weighted by Crippen LogP contribution is 2.07. The van der Waals surface area contributed by atoms with Gasteiger partial charge in [0, 0.05) is 13.0 Å². The highest BCUT2D eigenvalue weighted by molar-refractivity contribution is 5.95. The van der Waals surface area contributed by atoms with Gasteiger partial charge in [0.2, 0.25) is 0 Å². The van der Waals surface area contributed by atoms with Crippen LogP contribution in [-0.4, -0.2) is 27.3 Å². The standard InChI is InChI=1S/C13H16N4O/c1-10-3-2-4-11(7-10)8-13(18)12-9-17(6-5-14)16-15-12/h2-4,7,9H,5-6,8,14H2,1H3. The molecule has 0 unspecified atom stereocenters. The molecule has 0 radical (unpaired) electrons. The van der Waals surface area contributed by atoms with Crippen molar-refractivity contribution >= 4 is 5.78 Å². The lowest BCUT2D eigenvalue weighted by atomic mass is 10.1. The first-order valence-corrected chi connectivity index (χ1v) is 5.88. The number of nitrogens with two attached hydrogens (primary N) is 1. The normalized spacial score (nSPS) is 10.6. The Bertz CT molecular complexity index is 547. The van der Waals surface area contributed by atoms with Gasteiger partial charge in [0.25, 0.3) is 0 Å². The molecule has 0 bridgehead atoms. The van der Waals surface area contributed by atoms with E-state index in [-0.39, 0.29) is 5.78 Å². The zero-order valence-corrected chi connectivity index (χ0v) is 10.3. The van der Waals surface area contributed by atoms with Crippen LogP contribution in [0.15, 0.2) is 30.5 Å². The van der Waals surface area contributed by atoms with Gasteiger partial charge < -0.3 is 5.73 Å². The summed E-state index contributed by atoms with van der Waals surface area (Å²) in [6.45, 7) is 3.06. The first-order chi connectivity index (χ1) is 8.69. The molecule has 5 nitrogen and oxygen atoms in total. The Morgan fingerprint density at radius 3 is 3.00 bits per heavy atom. The number of hydrogen-bond acceptors (Lipinski definition) is 4. The average Bonchev–Trinajstić information content (AvgIpc) is 2.78. The molecular formula is C13H16N4O. The second-order valence-corrected chi connectivity index (χ2v) is 4.24. The number of benzene rings is 1. The summed E-state index contributed by atoms with van der Waals surface area (Å²) in [5.41, 5.74) is 7.95. The molecule has 1 aromatic carbocycles. The van der Waals surface area contributed by atoms with E-state index in [1.165, 1.54) is 0 Å². The fraction of sp³-hybridized carbons (Fsp3) is 0.308. The van der Waals surface area contributed by atoms with Crippen LogP contribution in [0.1, 0.15) is 21.6 Å². The Balaban J connectivity index is 2.07. The molecule has 2 N–H and O–H groups in total. The lowest BCUT2D eigenvalue weighted by molar-refractivity contribution is 0.0988. The van der Waals surface area contributed by atoms with Crippen molar-refractivity contribution in [3.63, 3.8) is 0 Å². The Kier molecular flexibility index (Phi) is 3.84. The number of rotatable bonds is 5. The van der Waals surface area contributed by atoms with Crippen molar-refractivity contribution in [1.82, 2.24) is 15.0 Å². The summed E-state index contributed by atoms with van der Waals surface area (Å²) in [6.07, 6.45) is 1.99. The number of carbonyl (C=O) groups excluding carboxylic acids is 1. The van der Waals surface area contributed by atoms with Gasteiger partial charge in [-0.1, -0.05) is 35.0 Å². The summed E-state index contributed by atoms with van der Waals surface area (Å²) in [4.78, 5) is 12.0. The molecule has 0 fully saturated rings. The summed E-state index contributed by atoms with van der Waals surface area (Å²) >= 11 is 0. The van der Waals surface area contributed by atoms with E-state index in [0.717, 1.165) is 11.1 Å². The Morgan fingerprint density at radius 2 is 2.28 bits per heavy atom. The number of hydrogen-bond donors (Lipinski definition) is 1. The van der Waals surface area contributed by atoms with Crippen LogP contribution < -0.4 is 5.73 Å². The van der Waals surface area contributed by atoms with Gasteiger partial charge in [-0.05, 0) is 12.5 Å². The van der Waals surface area contributed by atoms with Crippen molar-refractivity contribution in [2.45, 2.75) is 19.9 Å². The van der Waals surface area contributed by atoms with Crippen molar-refractivity contribution < 1.29 is 4.79 Å². The average molecular weight is 244 g/mol. The van der Waals surface area contributed by atoms with Crippen molar-refractivity contribution in [1.29, 1.82) is 0 Å². The number of aromatic nitrogens is 3. The summed E-state index contributed by atoms with van der Waals surface area (Å²) in [5, 5.41) is 7.71. The molecule has 5 heteroatoms. The van der Waals surface area contributed by atoms with Crippen molar-refractivity contribution in [2.75, 3.05) is 6.54 Å². The zero-order chi connectivity index (χ0) is 13.0. The van der Waals surface area contributed by atoms with Gasteiger partial charge in [0.1, 0.15) is 5.69 Å². The van der Waals surface area contributed by atoms with Crippen LogP contribution in [0, 0.1) is 6.92 Å². The van der Waals surface area contributed by atoms with Gasteiger partial charge >= 0.3 is 0 Å². The van der Waals surface area contributed by atoms with Crippen LogP contribution in [0.4, 0.5) is 0 Å². The molecular weight excluding hydrogens is 228 g/mol. The highest BCUT2D eigenvalue weighted by atomic mass is 16.1. The molecule has 0 saturated carbocycles. The Morgan fingerprint density at radius 1 is 1.44 bits per heavy atom. The minimum absolute atomic E-state index is 0.0242. The molecule has 0 atom stereocenters. The summed E-state index contributed by atoms with van der Waals surface area (Å²) < 4.78 is 1.59. The zero-order valence-electron chi connectivity index (χ0n) is 10.3. The number of Topliss-reactive ketones (excluding diaryl/α,β-unsaturated/α-hetero) is 1. The maximum atomic E-state index is 12.0. The second-order valence-electron chi connectivity index (χ2n) is 4.24. The third-order valence-electron chi connectivity index (χ3n) is 2.63. The third-order valence-corrected chi connectivity index (χ3v) is 2.63. The van der Waals surface area contributed by atoms with E-state index in [0.29, 0.717) is 25.2 Å². The first-order valence-electron chi connectivity index (χ1n) is 5.88. The molecule has 0 aliphatic carbocycles. The molecule has 2 rings (SSSR count). The summed E-state index contributed by atoms with van der Waals surface area (Å²) in [6, 6.07) is 7.89. The van der Waals surface area contributed by atoms with Gasteiger partial charge in [0.15, 0.2) is 5.78 Å². The van der Waals surface area contributed by atoms with Gasteiger partial charge in [-0.25, -0.2) is 0 Å². The Labute approximate surface area is 106 Å². The van der Waals surface area contributed by atoms with E-state index >= 15 is 0 Å². The second kappa shape index (κ2) is 5.55. The number of aryl methyl sites for hydroxylation is 1. The molecule has 94 valence electrons. The molecule has 18 heavy (non-hydrogen) atoms. The molecule has 1 heterocycles. The summed E-state index contributed by atoms with van der Waals surface area (Å²) in [5.74, 6) is -0.0242. The van der Waals surface area contributed by atoms with Crippen LogP contribution in [0.25, 0.3) is 0 Å². The SMILES string of the molecule is Cc1cccc(CC(=O)c2cn(CCN)nn2)c1. The fourth-order valence-electron chi connectivity index (χ4n) is 1.77. The van der Waals surface area contributed by atoms with Crippen molar-refractivity contribution in [3.8, 4) is 0 Å². The smallest absolute Gasteiger partial charge is 0.189 e. The molecule has 1 aromatic heterocycles. The monoisotopic (exact) mass is 244 g/mol. The summed E-state index contributed by atoms with van der Waals surface area (Å²) in [7, 11) is 0. The van der Waals surface area contributed by atoms with Gasteiger partial charge in [0.05, 0.1) is 12.7 Å². The van der Waals surface area contributed by atoms with E-state index in [2.05, 4.69) is 10.3 Å². The number of ketones is 1. The maximum absolute atomic E-state index is 12.0. The molecule has 0 amide bonds. The molecule has 0 saturated heterocycles. The Hall–Kier alpha value is -2.01. The van der Waals surface area contributed by atoms with Crippen LogP contribution in [-0.2, 0) is 13.0 Å². The lowest BCUT2D eigenvalue weighted by Gasteiger charge is -1.99. The van der Waals surface area contributed by atoms with E-state index in [1.807, 2.05) is 31.2 Å². The minimum atomic E-state index is -0.0242. The van der Waals surface area contributed by atoms with Crippen molar-refractivity contribution in [3.05, 3.63) is 47.3 Å². The van der Waals surface area contributed by atoms with Crippen LogP contribution in [0.3, 0.4) is 0 Å². The van der Waals surface area contributed by atoms with Gasteiger partial charge in [-0.15, -0.1) is 5.10 Å². The van der Waals surface area contributed by atoms with E-state index in [4.69, 9.17) is 5.73 Å². The minimum Gasteiger partial charge on any atom is -0.329 e. The quantitative estimate of drug-likeness (QED) is 0.795.